The average Bonchev–Trinajstić information content (AvgIpc) is 3.38. The maximum Gasteiger partial charge on any atom is 0.410 e. The minimum atomic E-state index is -0.455. The molecule has 186 valence electrons. The van der Waals surface area contributed by atoms with Crippen molar-refractivity contribution in [1.29, 1.82) is 0 Å². The van der Waals surface area contributed by atoms with Gasteiger partial charge in [0.1, 0.15) is 16.1 Å². The van der Waals surface area contributed by atoms with Crippen LogP contribution in [0.4, 0.5) is 10.6 Å². The van der Waals surface area contributed by atoms with Crippen molar-refractivity contribution < 1.29 is 14.3 Å². The Hall–Kier alpha value is -1.75. The maximum atomic E-state index is 12.5. The molecule has 0 bridgehead atoms. The van der Waals surface area contributed by atoms with Gasteiger partial charge in [0.05, 0.1) is 19.8 Å². The number of fused-ring (bicyclic) bond motifs is 1. The first-order chi connectivity index (χ1) is 16.2. The lowest BCUT2D eigenvalue weighted by Crippen LogP contribution is -2.42. The molecule has 0 radical (unpaired) electrons. The second-order valence-corrected chi connectivity index (χ2v) is 12.0. The van der Waals surface area contributed by atoms with Gasteiger partial charge in [-0.2, -0.15) is 4.98 Å². The normalized spacial score (nSPS) is 21.5. The van der Waals surface area contributed by atoms with Crippen LogP contribution in [-0.2, 0) is 16.0 Å². The van der Waals surface area contributed by atoms with Crippen molar-refractivity contribution in [2.45, 2.75) is 52.2 Å². The molecule has 3 aliphatic rings. The number of carbonyl (C=O) groups excluding carboxylic acids is 1. The second kappa shape index (κ2) is 9.37. The molecule has 2 aromatic rings. The monoisotopic (exact) mass is 508 g/mol. The Kier molecular flexibility index (Phi) is 6.60. The summed E-state index contributed by atoms with van der Waals surface area (Å²) in [6, 6.07) is 0. The van der Waals surface area contributed by atoms with Crippen LogP contribution in [0.5, 0.6) is 0 Å². The van der Waals surface area contributed by atoms with Crippen LogP contribution >= 0.6 is 22.9 Å². The van der Waals surface area contributed by atoms with Crippen LogP contribution in [0.15, 0.2) is 0 Å². The number of aromatic nitrogens is 3. The fourth-order valence-corrected chi connectivity index (χ4v) is 6.28. The third-order valence-electron chi connectivity index (χ3n) is 6.93. The van der Waals surface area contributed by atoms with Gasteiger partial charge in [-0.25, -0.2) is 14.8 Å². The summed E-state index contributed by atoms with van der Waals surface area (Å²) < 4.78 is 11.1. The molecule has 3 aliphatic heterocycles. The highest BCUT2D eigenvalue weighted by molar-refractivity contribution is 7.18. The second-order valence-electron chi connectivity index (χ2n) is 10.6. The van der Waals surface area contributed by atoms with Crippen LogP contribution in [0, 0.1) is 5.41 Å². The molecule has 1 amide bonds. The number of halogens is 1. The first-order valence-corrected chi connectivity index (χ1v) is 13.3. The summed E-state index contributed by atoms with van der Waals surface area (Å²) in [6.07, 6.45) is 3.04. The summed E-state index contributed by atoms with van der Waals surface area (Å²) >= 11 is 7.84. The lowest BCUT2D eigenvalue weighted by molar-refractivity contribution is 0.0245. The van der Waals surface area contributed by atoms with Crippen molar-refractivity contribution in [1.82, 2.24) is 24.8 Å². The van der Waals surface area contributed by atoms with E-state index >= 15 is 0 Å². The number of ether oxygens (including phenoxy) is 2. The smallest absolute Gasteiger partial charge is 0.410 e. The number of rotatable bonds is 3. The van der Waals surface area contributed by atoms with Crippen molar-refractivity contribution in [3.05, 3.63) is 10.3 Å². The molecule has 0 atom stereocenters. The Balaban J connectivity index is 1.21. The van der Waals surface area contributed by atoms with Gasteiger partial charge in [-0.15, -0.1) is 0 Å². The third kappa shape index (κ3) is 5.24. The van der Waals surface area contributed by atoms with Gasteiger partial charge in [0.25, 0.3) is 0 Å². The Morgan fingerprint density at radius 1 is 1.09 bits per heavy atom. The molecule has 2 aromatic heterocycles. The Morgan fingerprint density at radius 3 is 2.50 bits per heavy atom. The number of hydrogen-bond donors (Lipinski definition) is 0. The van der Waals surface area contributed by atoms with Crippen LogP contribution in [0.25, 0.3) is 10.3 Å². The van der Waals surface area contributed by atoms with Gasteiger partial charge in [0, 0.05) is 26.2 Å². The SMILES string of the molecule is CC(C)(C)OC(=O)N1CCC2(CCN(Cc3nc4c(N5CCOCC5)nc(Cl)nc4s3)CC2)C1. The topological polar surface area (TPSA) is 83.9 Å². The van der Waals surface area contributed by atoms with E-state index in [1.54, 1.807) is 11.3 Å². The fourth-order valence-electron chi connectivity index (χ4n) is 5.09. The Labute approximate surface area is 209 Å². The van der Waals surface area contributed by atoms with Crippen molar-refractivity contribution in [2.75, 3.05) is 57.4 Å². The van der Waals surface area contributed by atoms with E-state index < -0.39 is 5.60 Å². The van der Waals surface area contributed by atoms with Crippen LogP contribution in [0.3, 0.4) is 0 Å². The molecule has 0 unspecified atom stereocenters. The average molecular weight is 509 g/mol. The summed E-state index contributed by atoms with van der Waals surface area (Å²) in [4.78, 5) is 33.7. The van der Waals surface area contributed by atoms with Gasteiger partial charge in [-0.3, -0.25) is 4.90 Å². The molecule has 9 nitrogen and oxygen atoms in total. The number of anilines is 1. The van der Waals surface area contributed by atoms with Crippen molar-refractivity contribution in [3.8, 4) is 0 Å². The largest absolute Gasteiger partial charge is 0.444 e. The highest BCUT2D eigenvalue weighted by atomic mass is 35.5. The van der Waals surface area contributed by atoms with Crippen molar-refractivity contribution >= 4 is 45.2 Å². The van der Waals surface area contributed by atoms with E-state index in [1.165, 1.54) is 0 Å². The highest BCUT2D eigenvalue weighted by Crippen LogP contribution is 2.41. The molecule has 5 heterocycles. The molecule has 0 saturated carbocycles. The molecule has 34 heavy (non-hydrogen) atoms. The number of likely N-dealkylation sites (tertiary alicyclic amines) is 2. The number of nitrogens with zero attached hydrogens (tertiary/aromatic N) is 6. The number of piperidine rings is 1. The summed E-state index contributed by atoms with van der Waals surface area (Å²) in [6.45, 7) is 13.1. The number of hydrogen-bond acceptors (Lipinski definition) is 9. The summed E-state index contributed by atoms with van der Waals surface area (Å²) in [5, 5.41) is 1.30. The lowest BCUT2D eigenvalue weighted by Gasteiger charge is -2.39. The van der Waals surface area contributed by atoms with Crippen LogP contribution in [0.2, 0.25) is 5.28 Å². The van der Waals surface area contributed by atoms with Crippen molar-refractivity contribution in [3.63, 3.8) is 0 Å². The van der Waals surface area contributed by atoms with E-state index in [0.29, 0.717) is 13.2 Å². The molecule has 5 rings (SSSR count). The first-order valence-electron chi connectivity index (χ1n) is 12.1. The Morgan fingerprint density at radius 2 is 1.79 bits per heavy atom. The minimum absolute atomic E-state index is 0.183. The zero-order valence-corrected chi connectivity index (χ0v) is 21.8. The van der Waals surface area contributed by atoms with Crippen molar-refractivity contribution in [2.24, 2.45) is 5.41 Å². The summed E-state index contributed by atoms with van der Waals surface area (Å²) in [5.41, 5.74) is 0.594. The molecule has 0 aromatic carbocycles. The minimum Gasteiger partial charge on any atom is -0.444 e. The maximum absolute atomic E-state index is 12.5. The predicted molar refractivity (Wildman–Crippen MR) is 133 cm³/mol. The van der Waals surface area contributed by atoms with E-state index in [4.69, 9.17) is 26.1 Å². The Bertz CT molecular complexity index is 1040. The molecule has 0 aliphatic carbocycles. The lowest BCUT2D eigenvalue weighted by atomic mass is 9.78. The zero-order chi connectivity index (χ0) is 23.9. The molecule has 3 fully saturated rings. The van der Waals surface area contributed by atoms with Crippen LogP contribution in [0.1, 0.15) is 45.0 Å². The number of carbonyl (C=O) groups is 1. The molecule has 11 heteroatoms. The standard InChI is InChI=1S/C23H33ClN6O3S/c1-22(2,3)33-21(31)30-9-6-23(15-30)4-7-28(8-5-23)14-16-25-17-18(29-10-12-32-13-11-29)26-20(24)27-19(17)34-16/h4-15H2,1-3H3. The first kappa shape index (κ1) is 24.0. The zero-order valence-electron chi connectivity index (χ0n) is 20.2. The van der Waals surface area contributed by atoms with Gasteiger partial charge >= 0.3 is 6.09 Å². The number of morpholine rings is 1. The molecule has 1 spiro atoms. The molecule has 3 saturated heterocycles. The highest BCUT2D eigenvalue weighted by Gasteiger charge is 2.43. The van der Waals surface area contributed by atoms with E-state index in [-0.39, 0.29) is 16.8 Å². The predicted octanol–water partition coefficient (Wildman–Crippen LogP) is 3.80. The molecular formula is C23H33ClN6O3S. The fraction of sp³-hybridized carbons (Fsp3) is 0.739. The van der Waals surface area contributed by atoms with E-state index in [9.17, 15) is 4.79 Å². The van der Waals surface area contributed by atoms with Gasteiger partial charge in [0.2, 0.25) is 5.28 Å². The number of amides is 1. The summed E-state index contributed by atoms with van der Waals surface area (Å²) in [7, 11) is 0. The molecule has 0 N–H and O–H groups in total. The van der Waals surface area contributed by atoms with Gasteiger partial charge in [-0.05, 0) is 70.1 Å². The summed E-state index contributed by atoms with van der Waals surface area (Å²) in [5.74, 6) is 0.812. The molecular weight excluding hydrogens is 476 g/mol. The number of thiazole rings is 1. The van der Waals surface area contributed by atoms with Crippen LogP contribution in [-0.4, -0.2) is 88.9 Å². The quantitative estimate of drug-likeness (QED) is 0.579. The third-order valence-corrected chi connectivity index (χ3v) is 8.04. The van der Waals surface area contributed by atoms with Crippen LogP contribution < -0.4 is 4.90 Å². The van der Waals surface area contributed by atoms with E-state index in [2.05, 4.69) is 19.8 Å². The van der Waals surface area contributed by atoms with E-state index in [0.717, 1.165) is 86.2 Å². The van der Waals surface area contributed by atoms with Gasteiger partial charge in [-0.1, -0.05) is 11.3 Å². The van der Waals surface area contributed by atoms with Gasteiger partial charge < -0.3 is 19.3 Å². The van der Waals surface area contributed by atoms with E-state index in [1.807, 2.05) is 25.7 Å². The van der Waals surface area contributed by atoms with Gasteiger partial charge in [0.15, 0.2) is 10.6 Å².